The maximum atomic E-state index is 11.9. The molecule has 28 heavy (non-hydrogen) atoms. The summed E-state index contributed by atoms with van der Waals surface area (Å²) in [5, 5.41) is 10.9. The van der Waals surface area contributed by atoms with Crippen molar-refractivity contribution in [1.29, 1.82) is 0 Å². The Kier molecular flexibility index (Phi) is 8.11. The molecule has 0 saturated heterocycles. The molecule has 0 spiro atoms. The molecule has 0 heterocycles. The van der Waals surface area contributed by atoms with Crippen LogP contribution in [0.1, 0.15) is 15.9 Å². The van der Waals surface area contributed by atoms with E-state index in [1.165, 1.54) is 19.2 Å². The minimum atomic E-state index is -1.12. The summed E-state index contributed by atoms with van der Waals surface area (Å²) in [5.41, 5.74) is 1.30. The molecule has 150 valence electrons. The van der Waals surface area contributed by atoms with Crippen molar-refractivity contribution in [2.75, 3.05) is 34.0 Å². The summed E-state index contributed by atoms with van der Waals surface area (Å²) in [4.78, 5) is 22.4. The Balaban J connectivity index is 1.81. The van der Waals surface area contributed by atoms with E-state index in [1.54, 1.807) is 13.2 Å². The van der Waals surface area contributed by atoms with E-state index in [0.717, 1.165) is 11.3 Å². The Morgan fingerprint density at radius 2 is 1.71 bits per heavy atom. The molecule has 0 bridgehead atoms. The first-order chi connectivity index (χ1) is 13.5. The van der Waals surface area contributed by atoms with Crippen molar-refractivity contribution < 1.29 is 33.6 Å². The molecule has 0 aliphatic carbocycles. The van der Waals surface area contributed by atoms with Gasteiger partial charge in [-0.2, -0.15) is 0 Å². The molecular weight excluding hydrogens is 366 g/mol. The molecule has 0 aliphatic rings. The summed E-state index contributed by atoms with van der Waals surface area (Å²) in [6.07, 6.45) is 0. The number of amides is 1. The second kappa shape index (κ2) is 10.8. The van der Waals surface area contributed by atoms with Crippen LogP contribution in [0.3, 0.4) is 0 Å². The summed E-state index contributed by atoms with van der Waals surface area (Å²) in [6, 6.07) is 12.2. The zero-order valence-corrected chi connectivity index (χ0v) is 15.8. The van der Waals surface area contributed by atoms with E-state index in [1.807, 2.05) is 24.3 Å². The van der Waals surface area contributed by atoms with Crippen LogP contribution in [0.25, 0.3) is 0 Å². The van der Waals surface area contributed by atoms with Gasteiger partial charge < -0.3 is 29.4 Å². The molecule has 1 amide bonds. The van der Waals surface area contributed by atoms with Crippen molar-refractivity contribution in [3.05, 3.63) is 53.6 Å². The van der Waals surface area contributed by atoms with E-state index in [-0.39, 0.29) is 5.56 Å². The number of rotatable bonds is 11. The molecule has 2 aromatic rings. The monoisotopic (exact) mass is 389 g/mol. The lowest BCUT2D eigenvalue weighted by molar-refractivity contribution is -0.135. The van der Waals surface area contributed by atoms with Gasteiger partial charge in [0, 0.05) is 5.56 Å². The van der Waals surface area contributed by atoms with Crippen LogP contribution in [-0.2, 0) is 16.1 Å². The quantitative estimate of drug-likeness (QED) is 0.567. The minimum Gasteiger partial charge on any atom is -0.497 e. The first-order valence-corrected chi connectivity index (χ1v) is 8.55. The van der Waals surface area contributed by atoms with Gasteiger partial charge in [-0.15, -0.1) is 0 Å². The van der Waals surface area contributed by atoms with E-state index >= 15 is 0 Å². The molecule has 2 aromatic carbocycles. The van der Waals surface area contributed by atoms with E-state index in [0.29, 0.717) is 31.3 Å². The van der Waals surface area contributed by atoms with Crippen LogP contribution < -0.4 is 19.5 Å². The second-order valence-corrected chi connectivity index (χ2v) is 5.69. The Bertz CT molecular complexity index is 790. The highest BCUT2D eigenvalue weighted by Crippen LogP contribution is 2.28. The third kappa shape index (κ3) is 6.48. The fraction of sp³-hybridized carbons (Fsp3) is 0.300. The van der Waals surface area contributed by atoms with Gasteiger partial charge in [-0.1, -0.05) is 12.1 Å². The van der Waals surface area contributed by atoms with E-state index < -0.39 is 18.4 Å². The van der Waals surface area contributed by atoms with Gasteiger partial charge in [0.25, 0.3) is 5.91 Å². The van der Waals surface area contributed by atoms with Gasteiger partial charge >= 0.3 is 5.97 Å². The van der Waals surface area contributed by atoms with Gasteiger partial charge in [0.15, 0.2) is 11.5 Å². The molecule has 0 aromatic heterocycles. The van der Waals surface area contributed by atoms with E-state index in [2.05, 4.69) is 5.32 Å². The van der Waals surface area contributed by atoms with Gasteiger partial charge in [-0.3, -0.25) is 9.59 Å². The summed E-state index contributed by atoms with van der Waals surface area (Å²) >= 11 is 0. The number of ether oxygens (including phenoxy) is 4. The largest absolute Gasteiger partial charge is 0.497 e. The van der Waals surface area contributed by atoms with Crippen LogP contribution in [-0.4, -0.2) is 51.0 Å². The number of carboxylic acids is 1. The number of hydrogen-bond donors (Lipinski definition) is 2. The summed E-state index contributed by atoms with van der Waals surface area (Å²) in [5.74, 6) is 0.00714. The number of hydrogen-bond acceptors (Lipinski definition) is 6. The van der Waals surface area contributed by atoms with Crippen molar-refractivity contribution >= 4 is 11.9 Å². The summed E-state index contributed by atoms with van der Waals surface area (Å²) in [7, 11) is 3.08. The van der Waals surface area contributed by atoms with Crippen LogP contribution in [0, 0.1) is 0 Å². The lowest BCUT2D eigenvalue weighted by atomic mass is 10.2. The van der Waals surface area contributed by atoms with Crippen LogP contribution in [0.2, 0.25) is 0 Å². The molecule has 8 heteroatoms. The molecule has 0 unspecified atom stereocenters. The maximum absolute atomic E-state index is 11.9. The number of carbonyl (C=O) groups is 2. The standard InChI is InChI=1S/C20H23NO7/c1-25-16-6-3-14(4-7-16)13-27-9-10-28-17-8-5-15(11-18(17)26-2)20(24)21-12-19(22)23/h3-8,11H,9-10,12-13H2,1-2H3,(H,21,24)(H,22,23). The number of carboxylic acid groups (broad SMARTS) is 1. The van der Waals surface area contributed by atoms with E-state index in [4.69, 9.17) is 24.1 Å². The molecular formula is C20H23NO7. The van der Waals surface area contributed by atoms with Gasteiger partial charge in [0.2, 0.25) is 0 Å². The zero-order valence-electron chi connectivity index (χ0n) is 15.8. The van der Waals surface area contributed by atoms with Crippen LogP contribution in [0.15, 0.2) is 42.5 Å². The minimum absolute atomic E-state index is 0.279. The predicted molar refractivity (Wildman–Crippen MR) is 101 cm³/mol. The second-order valence-electron chi connectivity index (χ2n) is 5.69. The molecule has 2 rings (SSSR count). The first kappa shape index (κ1) is 21.0. The Labute approximate surface area is 163 Å². The highest BCUT2D eigenvalue weighted by atomic mass is 16.5. The Morgan fingerprint density at radius 3 is 2.36 bits per heavy atom. The Hall–Kier alpha value is -3.26. The zero-order chi connectivity index (χ0) is 20.4. The molecule has 2 N–H and O–H groups in total. The average Bonchev–Trinajstić information content (AvgIpc) is 2.72. The third-order valence-corrected chi connectivity index (χ3v) is 3.74. The molecule has 0 fully saturated rings. The van der Waals surface area contributed by atoms with Crippen molar-refractivity contribution in [3.63, 3.8) is 0 Å². The van der Waals surface area contributed by atoms with Gasteiger partial charge in [0.05, 0.1) is 27.4 Å². The highest BCUT2D eigenvalue weighted by Gasteiger charge is 2.12. The van der Waals surface area contributed by atoms with Crippen molar-refractivity contribution in [2.24, 2.45) is 0 Å². The fourth-order valence-electron chi connectivity index (χ4n) is 2.31. The summed E-state index contributed by atoms with van der Waals surface area (Å²) in [6.45, 7) is 0.672. The number of carbonyl (C=O) groups excluding carboxylic acids is 1. The van der Waals surface area contributed by atoms with Crippen LogP contribution >= 0.6 is 0 Å². The van der Waals surface area contributed by atoms with Crippen LogP contribution in [0.5, 0.6) is 17.2 Å². The lowest BCUT2D eigenvalue weighted by Crippen LogP contribution is -2.29. The third-order valence-electron chi connectivity index (χ3n) is 3.74. The molecule has 8 nitrogen and oxygen atoms in total. The van der Waals surface area contributed by atoms with Crippen LogP contribution in [0.4, 0.5) is 0 Å². The Morgan fingerprint density at radius 1 is 0.964 bits per heavy atom. The normalized spacial score (nSPS) is 10.2. The van der Waals surface area contributed by atoms with Crippen molar-refractivity contribution in [1.82, 2.24) is 5.32 Å². The van der Waals surface area contributed by atoms with Gasteiger partial charge in [0.1, 0.15) is 18.9 Å². The molecule has 0 atom stereocenters. The molecule has 0 aliphatic heterocycles. The smallest absolute Gasteiger partial charge is 0.322 e. The number of aliphatic carboxylic acids is 1. The van der Waals surface area contributed by atoms with Gasteiger partial charge in [-0.05, 0) is 35.9 Å². The fourth-order valence-corrected chi connectivity index (χ4v) is 2.31. The summed E-state index contributed by atoms with van der Waals surface area (Å²) < 4.78 is 21.6. The average molecular weight is 389 g/mol. The SMILES string of the molecule is COc1ccc(COCCOc2ccc(C(=O)NCC(=O)O)cc2OC)cc1. The molecule has 0 saturated carbocycles. The predicted octanol–water partition coefficient (Wildman–Crippen LogP) is 2.11. The topological polar surface area (TPSA) is 103 Å². The first-order valence-electron chi connectivity index (χ1n) is 8.55. The number of benzene rings is 2. The number of methoxy groups -OCH3 is 2. The number of nitrogens with one attached hydrogen (secondary N) is 1. The lowest BCUT2D eigenvalue weighted by Gasteiger charge is -2.12. The van der Waals surface area contributed by atoms with E-state index in [9.17, 15) is 9.59 Å². The molecule has 0 radical (unpaired) electrons. The maximum Gasteiger partial charge on any atom is 0.322 e. The van der Waals surface area contributed by atoms with Gasteiger partial charge in [-0.25, -0.2) is 0 Å². The van der Waals surface area contributed by atoms with Crippen molar-refractivity contribution in [3.8, 4) is 17.2 Å². The van der Waals surface area contributed by atoms with Crippen molar-refractivity contribution in [2.45, 2.75) is 6.61 Å². The highest BCUT2D eigenvalue weighted by molar-refractivity contribution is 5.96.